The van der Waals surface area contributed by atoms with Crippen LogP contribution in [0.4, 0.5) is 0 Å². The Hall–Kier alpha value is -0.640. The Bertz CT molecular complexity index is 369. The lowest BCUT2D eigenvalue weighted by Crippen LogP contribution is -2.37. The lowest BCUT2D eigenvalue weighted by atomic mass is 10.2. The number of pyridine rings is 1. The van der Waals surface area contributed by atoms with Gasteiger partial charge in [-0.1, -0.05) is 11.6 Å². The van der Waals surface area contributed by atoms with Crippen molar-refractivity contribution in [1.29, 1.82) is 0 Å². The van der Waals surface area contributed by atoms with Crippen LogP contribution in [0, 0.1) is 0 Å². The molecular weight excluding hydrogens is 234 g/mol. The molecule has 1 aliphatic heterocycles. The highest BCUT2D eigenvalue weighted by Crippen LogP contribution is 2.14. The fraction of sp³-hybridized carbons (Fsp3) is 0.615. The van der Waals surface area contributed by atoms with Crippen LogP contribution in [0.2, 0.25) is 5.15 Å². The molecule has 1 saturated heterocycles. The topological polar surface area (TPSA) is 19.4 Å². The molecule has 0 amide bonds. The van der Waals surface area contributed by atoms with Crippen molar-refractivity contribution >= 4 is 11.6 Å². The SMILES string of the molecule is CC1CN(C)CCCN1Cc1ccnc(Cl)c1. The van der Waals surface area contributed by atoms with E-state index in [1.807, 2.05) is 12.1 Å². The number of aromatic nitrogens is 1. The normalized spacial score (nSPS) is 23.6. The van der Waals surface area contributed by atoms with Gasteiger partial charge in [-0.3, -0.25) is 4.90 Å². The summed E-state index contributed by atoms with van der Waals surface area (Å²) < 4.78 is 0. The maximum atomic E-state index is 5.92. The molecule has 4 heteroatoms. The van der Waals surface area contributed by atoms with E-state index in [1.165, 1.54) is 18.5 Å². The molecule has 2 heterocycles. The number of rotatable bonds is 2. The van der Waals surface area contributed by atoms with Gasteiger partial charge in [-0.25, -0.2) is 4.98 Å². The summed E-state index contributed by atoms with van der Waals surface area (Å²) in [6.45, 7) is 6.75. The number of halogens is 1. The van der Waals surface area contributed by atoms with Crippen LogP contribution in [0.5, 0.6) is 0 Å². The predicted octanol–water partition coefficient (Wildman–Crippen LogP) is 2.26. The highest BCUT2D eigenvalue weighted by Gasteiger charge is 2.19. The minimum atomic E-state index is 0.585. The van der Waals surface area contributed by atoms with Gasteiger partial charge in [0.1, 0.15) is 5.15 Å². The van der Waals surface area contributed by atoms with E-state index in [0.717, 1.165) is 19.6 Å². The second kappa shape index (κ2) is 5.80. The largest absolute Gasteiger partial charge is 0.305 e. The van der Waals surface area contributed by atoms with Crippen LogP contribution < -0.4 is 0 Å². The van der Waals surface area contributed by atoms with Gasteiger partial charge in [0.2, 0.25) is 0 Å². The number of hydrogen-bond donors (Lipinski definition) is 0. The summed E-state index contributed by atoms with van der Waals surface area (Å²) in [6, 6.07) is 4.60. The number of likely N-dealkylation sites (N-methyl/N-ethyl adjacent to an activating group) is 1. The predicted molar refractivity (Wildman–Crippen MR) is 71.2 cm³/mol. The van der Waals surface area contributed by atoms with Gasteiger partial charge in [0.05, 0.1) is 0 Å². The van der Waals surface area contributed by atoms with E-state index in [9.17, 15) is 0 Å². The van der Waals surface area contributed by atoms with Crippen LogP contribution in [-0.2, 0) is 6.54 Å². The number of hydrogen-bond acceptors (Lipinski definition) is 3. The fourth-order valence-electron chi connectivity index (χ4n) is 2.43. The zero-order chi connectivity index (χ0) is 12.3. The fourth-order valence-corrected chi connectivity index (χ4v) is 2.63. The first-order valence-corrected chi connectivity index (χ1v) is 6.56. The van der Waals surface area contributed by atoms with Gasteiger partial charge in [0, 0.05) is 31.9 Å². The molecule has 1 atom stereocenters. The van der Waals surface area contributed by atoms with Crippen molar-refractivity contribution in [2.24, 2.45) is 0 Å². The maximum absolute atomic E-state index is 5.92. The van der Waals surface area contributed by atoms with Crippen molar-refractivity contribution in [2.75, 3.05) is 26.7 Å². The molecule has 1 aliphatic rings. The molecule has 0 N–H and O–H groups in total. The first kappa shape index (κ1) is 12.8. The lowest BCUT2D eigenvalue weighted by molar-refractivity contribution is 0.194. The highest BCUT2D eigenvalue weighted by molar-refractivity contribution is 6.29. The quantitative estimate of drug-likeness (QED) is 0.754. The van der Waals surface area contributed by atoms with Crippen molar-refractivity contribution in [2.45, 2.75) is 25.9 Å². The van der Waals surface area contributed by atoms with Crippen LogP contribution in [-0.4, -0.2) is 47.5 Å². The van der Waals surface area contributed by atoms with Gasteiger partial charge in [-0.15, -0.1) is 0 Å². The van der Waals surface area contributed by atoms with E-state index in [2.05, 4.69) is 28.8 Å². The minimum absolute atomic E-state index is 0.585. The summed E-state index contributed by atoms with van der Waals surface area (Å²) in [5.74, 6) is 0. The summed E-state index contributed by atoms with van der Waals surface area (Å²) in [4.78, 5) is 8.95. The lowest BCUT2D eigenvalue weighted by Gasteiger charge is -2.27. The molecule has 1 fully saturated rings. The Balaban J connectivity index is 2.02. The first-order chi connectivity index (χ1) is 8.15. The third kappa shape index (κ3) is 3.66. The van der Waals surface area contributed by atoms with Crippen molar-refractivity contribution in [3.8, 4) is 0 Å². The van der Waals surface area contributed by atoms with Crippen LogP contribution in [0.1, 0.15) is 18.9 Å². The van der Waals surface area contributed by atoms with E-state index in [0.29, 0.717) is 11.2 Å². The zero-order valence-electron chi connectivity index (χ0n) is 10.6. The molecular formula is C13H20ClN3. The van der Waals surface area contributed by atoms with E-state index >= 15 is 0 Å². The van der Waals surface area contributed by atoms with E-state index in [-0.39, 0.29) is 0 Å². The van der Waals surface area contributed by atoms with Gasteiger partial charge in [-0.05, 0) is 44.6 Å². The first-order valence-electron chi connectivity index (χ1n) is 6.18. The van der Waals surface area contributed by atoms with Crippen LogP contribution in [0.25, 0.3) is 0 Å². The zero-order valence-corrected chi connectivity index (χ0v) is 11.3. The second-order valence-corrected chi connectivity index (χ2v) is 5.31. The third-order valence-corrected chi connectivity index (χ3v) is 3.57. The maximum Gasteiger partial charge on any atom is 0.129 e. The van der Waals surface area contributed by atoms with E-state index in [1.54, 1.807) is 6.20 Å². The molecule has 0 saturated carbocycles. The molecule has 3 nitrogen and oxygen atoms in total. The number of nitrogens with zero attached hydrogens (tertiary/aromatic N) is 3. The third-order valence-electron chi connectivity index (χ3n) is 3.36. The Labute approximate surface area is 108 Å². The summed E-state index contributed by atoms with van der Waals surface area (Å²) in [5, 5.41) is 0.585. The molecule has 1 aromatic rings. The second-order valence-electron chi connectivity index (χ2n) is 4.92. The van der Waals surface area contributed by atoms with Gasteiger partial charge < -0.3 is 4.90 Å². The summed E-state index contributed by atoms with van der Waals surface area (Å²) >= 11 is 5.92. The van der Waals surface area contributed by atoms with Gasteiger partial charge in [-0.2, -0.15) is 0 Å². The molecule has 0 radical (unpaired) electrons. The monoisotopic (exact) mass is 253 g/mol. The molecule has 94 valence electrons. The molecule has 0 bridgehead atoms. The Morgan fingerprint density at radius 2 is 2.29 bits per heavy atom. The minimum Gasteiger partial charge on any atom is -0.305 e. The molecule has 0 aliphatic carbocycles. The Morgan fingerprint density at radius 1 is 1.47 bits per heavy atom. The van der Waals surface area contributed by atoms with Crippen LogP contribution >= 0.6 is 11.6 Å². The standard InChI is InChI=1S/C13H20ClN3/c1-11-9-16(2)6-3-7-17(11)10-12-4-5-15-13(14)8-12/h4-5,8,11H,3,6-7,9-10H2,1-2H3. The average molecular weight is 254 g/mol. The van der Waals surface area contributed by atoms with Crippen LogP contribution in [0.15, 0.2) is 18.3 Å². The summed E-state index contributed by atoms with van der Waals surface area (Å²) in [5.41, 5.74) is 1.25. The highest BCUT2D eigenvalue weighted by atomic mass is 35.5. The molecule has 2 rings (SSSR count). The molecule has 0 spiro atoms. The van der Waals surface area contributed by atoms with Crippen LogP contribution in [0.3, 0.4) is 0 Å². The van der Waals surface area contributed by atoms with Gasteiger partial charge in [0.15, 0.2) is 0 Å². The smallest absolute Gasteiger partial charge is 0.129 e. The molecule has 0 aromatic carbocycles. The van der Waals surface area contributed by atoms with Crippen molar-refractivity contribution in [1.82, 2.24) is 14.8 Å². The summed E-state index contributed by atoms with van der Waals surface area (Å²) in [7, 11) is 2.20. The van der Waals surface area contributed by atoms with Gasteiger partial charge >= 0.3 is 0 Å². The summed E-state index contributed by atoms with van der Waals surface area (Å²) in [6.07, 6.45) is 3.02. The van der Waals surface area contributed by atoms with Crippen molar-refractivity contribution in [3.63, 3.8) is 0 Å². The van der Waals surface area contributed by atoms with Crippen molar-refractivity contribution in [3.05, 3.63) is 29.0 Å². The van der Waals surface area contributed by atoms with Crippen molar-refractivity contribution < 1.29 is 0 Å². The molecule has 1 aromatic heterocycles. The van der Waals surface area contributed by atoms with E-state index < -0.39 is 0 Å². The Kier molecular flexibility index (Phi) is 4.37. The van der Waals surface area contributed by atoms with E-state index in [4.69, 9.17) is 11.6 Å². The molecule has 17 heavy (non-hydrogen) atoms. The Morgan fingerprint density at radius 3 is 3.06 bits per heavy atom. The van der Waals surface area contributed by atoms with Gasteiger partial charge in [0.25, 0.3) is 0 Å². The average Bonchev–Trinajstić information content (AvgIpc) is 2.41. The molecule has 1 unspecified atom stereocenters.